The monoisotopic (exact) mass is 204 g/mol. The van der Waals surface area contributed by atoms with Crippen molar-refractivity contribution >= 4 is 5.91 Å². The number of likely N-dealkylation sites (tertiary alicyclic amines) is 1. The topological polar surface area (TPSA) is 42.4 Å². The van der Waals surface area contributed by atoms with Crippen molar-refractivity contribution in [2.45, 2.75) is 6.10 Å². The number of amides is 1. The summed E-state index contributed by atoms with van der Waals surface area (Å²) in [6, 6.07) is 5.51. The van der Waals surface area contributed by atoms with Crippen LogP contribution in [0.5, 0.6) is 5.88 Å². The van der Waals surface area contributed by atoms with Crippen molar-refractivity contribution in [3.8, 4) is 5.88 Å². The normalized spacial score (nSPS) is 15.6. The Bertz CT molecular complexity index is 358. The van der Waals surface area contributed by atoms with Gasteiger partial charge in [-0.15, -0.1) is 0 Å². The highest BCUT2D eigenvalue weighted by Gasteiger charge is 2.30. The summed E-state index contributed by atoms with van der Waals surface area (Å²) < 4.78 is 5.54. The third-order valence-corrected chi connectivity index (χ3v) is 2.26. The maximum Gasteiger partial charge on any atom is 0.246 e. The first kappa shape index (κ1) is 9.71. The number of nitrogens with zero attached hydrogens (tertiary/aromatic N) is 2. The fourth-order valence-corrected chi connectivity index (χ4v) is 1.41. The molecule has 4 nitrogen and oxygen atoms in total. The summed E-state index contributed by atoms with van der Waals surface area (Å²) in [6.45, 7) is 4.65. The third kappa shape index (κ3) is 2.15. The number of hydrogen-bond donors (Lipinski definition) is 0. The van der Waals surface area contributed by atoms with E-state index >= 15 is 0 Å². The lowest BCUT2D eigenvalue weighted by atomic mass is 10.1. The van der Waals surface area contributed by atoms with Gasteiger partial charge in [0, 0.05) is 12.3 Å². The number of rotatable bonds is 3. The van der Waals surface area contributed by atoms with Gasteiger partial charge < -0.3 is 9.64 Å². The van der Waals surface area contributed by atoms with E-state index in [0.717, 1.165) is 0 Å². The zero-order valence-electron chi connectivity index (χ0n) is 8.30. The first-order chi connectivity index (χ1) is 7.29. The van der Waals surface area contributed by atoms with Gasteiger partial charge in [-0.25, -0.2) is 4.98 Å². The lowest BCUT2D eigenvalue weighted by molar-refractivity contribution is -0.134. The van der Waals surface area contributed by atoms with Crippen molar-refractivity contribution in [1.82, 2.24) is 9.88 Å². The molecule has 0 bridgehead atoms. The Kier molecular flexibility index (Phi) is 2.67. The second kappa shape index (κ2) is 4.13. The van der Waals surface area contributed by atoms with E-state index in [4.69, 9.17) is 4.74 Å². The predicted molar refractivity (Wildman–Crippen MR) is 55.4 cm³/mol. The Morgan fingerprint density at radius 3 is 3.00 bits per heavy atom. The van der Waals surface area contributed by atoms with E-state index in [1.165, 1.54) is 6.08 Å². The number of pyridine rings is 1. The van der Waals surface area contributed by atoms with Crippen LogP contribution < -0.4 is 4.74 Å². The van der Waals surface area contributed by atoms with Crippen molar-refractivity contribution < 1.29 is 9.53 Å². The van der Waals surface area contributed by atoms with E-state index in [0.29, 0.717) is 19.0 Å². The molecule has 1 fully saturated rings. The van der Waals surface area contributed by atoms with Crippen LogP contribution in [-0.2, 0) is 4.79 Å². The van der Waals surface area contributed by atoms with E-state index in [-0.39, 0.29) is 12.0 Å². The van der Waals surface area contributed by atoms with Crippen LogP contribution in [0, 0.1) is 0 Å². The van der Waals surface area contributed by atoms with E-state index in [9.17, 15) is 4.79 Å². The first-order valence-electron chi connectivity index (χ1n) is 4.78. The first-order valence-corrected chi connectivity index (χ1v) is 4.78. The van der Waals surface area contributed by atoms with Crippen molar-refractivity contribution in [3.05, 3.63) is 37.1 Å². The Morgan fingerprint density at radius 2 is 2.40 bits per heavy atom. The highest BCUT2D eigenvalue weighted by molar-refractivity contribution is 5.87. The molecule has 0 N–H and O–H groups in total. The molecule has 0 aliphatic carbocycles. The minimum Gasteiger partial charge on any atom is -0.471 e. The van der Waals surface area contributed by atoms with Gasteiger partial charge in [0.25, 0.3) is 0 Å². The highest BCUT2D eigenvalue weighted by atomic mass is 16.5. The van der Waals surface area contributed by atoms with E-state index in [1.54, 1.807) is 17.2 Å². The molecule has 2 rings (SSSR count). The average Bonchev–Trinajstić information content (AvgIpc) is 2.23. The predicted octanol–water partition coefficient (Wildman–Crippen LogP) is 0.857. The van der Waals surface area contributed by atoms with Gasteiger partial charge in [-0.3, -0.25) is 4.79 Å². The molecule has 78 valence electrons. The summed E-state index contributed by atoms with van der Waals surface area (Å²) in [5.74, 6) is 0.559. The minimum atomic E-state index is -0.0455. The fraction of sp³-hybridized carbons (Fsp3) is 0.273. The largest absolute Gasteiger partial charge is 0.471 e. The molecule has 1 amide bonds. The molecule has 15 heavy (non-hydrogen) atoms. The van der Waals surface area contributed by atoms with Crippen LogP contribution in [0.4, 0.5) is 0 Å². The number of ether oxygens (including phenoxy) is 1. The van der Waals surface area contributed by atoms with Crippen LogP contribution in [0.15, 0.2) is 37.1 Å². The second-order valence-electron chi connectivity index (χ2n) is 3.36. The molecule has 1 saturated heterocycles. The summed E-state index contributed by atoms with van der Waals surface area (Å²) in [5.41, 5.74) is 0. The zero-order chi connectivity index (χ0) is 10.7. The Balaban J connectivity index is 1.81. The zero-order valence-corrected chi connectivity index (χ0v) is 8.30. The van der Waals surface area contributed by atoms with Crippen molar-refractivity contribution in [3.63, 3.8) is 0 Å². The molecule has 1 aliphatic heterocycles. The van der Waals surface area contributed by atoms with Gasteiger partial charge in [0.05, 0.1) is 13.1 Å². The molecule has 1 aromatic heterocycles. The molecular formula is C11H12N2O2. The molecule has 2 heterocycles. The summed E-state index contributed by atoms with van der Waals surface area (Å²) in [4.78, 5) is 16.9. The average molecular weight is 204 g/mol. The number of aromatic nitrogens is 1. The van der Waals surface area contributed by atoms with Gasteiger partial charge >= 0.3 is 0 Å². The molecule has 1 aliphatic rings. The van der Waals surface area contributed by atoms with Gasteiger partial charge in [0.15, 0.2) is 0 Å². The van der Waals surface area contributed by atoms with Crippen LogP contribution >= 0.6 is 0 Å². The smallest absolute Gasteiger partial charge is 0.246 e. The molecular weight excluding hydrogens is 192 g/mol. The molecule has 0 saturated carbocycles. The molecule has 0 aromatic carbocycles. The van der Waals surface area contributed by atoms with Crippen LogP contribution in [0.3, 0.4) is 0 Å². The number of carbonyl (C=O) groups is 1. The lowest BCUT2D eigenvalue weighted by Gasteiger charge is -2.37. The van der Waals surface area contributed by atoms with Gasteiger partial charge in [0.1, 0.15) is 6.10 Å². The molecule has 0 atom stereocenters. The summed E-state index contributed by atoms with van der Waals surface area (Å²) in [5, 5.41) is 0. The SMILES string of the molecule is C=CC(=O)N1CC(Oc2ccccn2)C1. The van der Waals surface area contributed by atoms with Crippen LogP contribution in [0.25, 0.3) is 0 Å². The third-order valence-electron chi connectivity index (χ3n) is 2.26. The van der Waals surface area contributed by atoms with Gasteiger partial charge in [-0.1, -0.05) is 12.6 Å². The molecule has 4 heteroatoms. The van der Waals surface area contributed by atoms with E-state index < -0.39 is 0 Å². The fourth-order valence-electron chi connectivity index (χ4n) is 1.41. The Morgan fingerprint density at radius 1 is 1.60 bits per heavy atom. The summed E-state index contributed by atoms with van der Waals surface area (Å²) in [6.07, 6.45) is 3.06. The summed E-state index contributed by atoms with van der Waals surface area (Å²) >= 11 is 0. The molecule has 0 unspecified atom stereocenters. The summed E-state index contributed by atoms with van der Waals surface area (Å²) in [7, 11) is 0. The molecule has 1 aromatic rings. The maximum absolute atomic E-state index is 11.1. The number of carbonyl (C=O) groups excluding carboxylic acids is 1. The Hall–Kier alpha value is -1.84. The van der Waals surface area contributed by atoms with Crippen molar-refractivity contribution in [2.75, 3.05) is 13.1 Å². The van der Waals surface area contributed by atoms with Crippen molar-refractivity contribution in [2.24, 2.45) is 0 Å². The highest BCUT2D eigenvalue weighted by Crippen LogP contribution is 2.15. The lowest BCUT2D eigenvalue weighted by Crippen LogP contribution is -2.55. The Labute approximate surface area is 88.2 Å². The standard InChI is InChI=1S/C11H12N2O2/c1-2-11(14)13-7-9(8-13)15-10-5-3-4-6-12-10/h2-6,9H,1,7-8H2. The van der Waals surface area contributed by atoms with Crippen LogP contribution in [-0.4, -0.2) is 35.0 Å². The van der Waals surface area contributed by atoms with Gasteiger partial charge in [-0.05, 0) is 12.1 Å². The van der Waals surface area contributed by atoms with E-state index in [2.05, 4.69) is 11.6 Å². The van der Waals surface area contributed by atoms with Gasteiger partial charge in [-0.2, -0.15) is 0 Å². The molecule has 0 radical (unpaired) electrons. The van der Waals surface area contributed by atoms with E-state index in [1.807, 2.05) is 12.1 Å². The minimum absolute atomic E-state index is 0.0455. The maximum atomic E-state index is 11.1. The van der Waals surface area contributed by atoms with Crippen molar-refractivity contribution in [1.29, 1.82) is 0 Å². The van der Waals surface area contributed by atoms with Gasteiger partial charge in [0.2, 0.25) is 11.8 Å². The number of hydrogen-bond acceptors (Lipinski definition) is 3. The second-order valence-corrected chi connectivity index (χ2v) is 3.36. The quantitative estimate of drug-likeness (QED) is 0.686. The van der Waals surface area contributed by atoms with Crippen LogP contribution in [0.2, 0.25) is 0 Å². The van der Waals surface area contributed by atoms with Crippen LogP contribution in [0.1, 0.15) is 0 Å². The molecule has 0 spiro atoms.